The van der Waals surface area contributed by atoms with Crippen LogP contribution in [0.5, 0.6) is 28.7 Å². The lowest BCUT2D eigenvalue weighted by Crippen LogP contribution is -2.12. The Morgan fingerprint density at radius 3 is 1.71 bits per heavy atom. The van der Waals surface area contributed by atoms with Gasteiger partial charge in [-0.15, -0.1) is 0 Å². The number of aryl methyl sites for hydroxylation is 1. The van der Waals surface area contributed by atoms with Crippen LogP contribution in [0.1, 0.15) is 53.0 Å². The first-order chi connectivity index (χ1) is 21.8. The molecule has 0 aliphatic carbocycles. The first kappa shape index (κ1) is 37.7. The minimum Gasteiger partial charge on any atom is -0.493 e. The highest BCUT2D eigenvalue weighted by Gasteiger charge is 2.18. The van der Waals surface area contributed by atoms with E-state index in [1.807, 2.05) is 32.9 Å². The van der Waals surface area contributed by atoms with E-state index in [1.54, 1.807) is 36.4 Å². The third-order valence-electron chi connectivity index (χ3n) is 5.61. The summed E-state index contributed by atoms with van der Waals surface area (Å²) in [5.41, 5.74) is 1.50. The minimum atomic E-state index is -0.655. The summed E-state index contributed by atoms with van der Waals surface area (Å²) in [7, 11) is 2.86. The Labute approximate surface area is 265 Å². The number of ether oxygens (including phenoxy) is 6. The molecule has 0 N–H and O–H groups in total. The smallest absolute Gasteiger partial charge is 0.343 e. The number of rotatable bonds is 14. The lowest BCUT2D eigenvalue weighted by molar-refractivity contribution is -0.137. The first-order valence-electron chi connectivity index (χ1n) is 14.3. The quantitative estimate of drug-likeness (QED) is 0.0590. The monoisotopic (exact) mass is 618 g/mol. The molecule has 0 saturated heterocycles. The molecule has 3 aromatic rings. The van der Waals surface area contributed by atoms with E-state index in [0.29, 0.717) is 36.7 Å². The zero-order valence-corrected chi connectivity index (χ0v) is 26.6. The number of methoxy groups -OCH3 is 2. The Morgan fingerprint density at radius 2 is 1.18 bits per heavy atom. The highest BCUT2D eigenvalue weighted by Crippen LogP contribution is 2.32. The van der Waals surface area contributed by atoms with Gasteiger partial charge in [0.05, 0.1) is 38.6 Å². The molecule has 0 amide bonds. The van der Waals surface area contributed by atoms with Crippen molar-refractivity contribution in [3.8, 4) is 28.7 Å². The summed E-state index contributed by atoms with van der Waals surface area (Å²) in [6.45, 7) is 16.6. The van der Waals surface area contributed by atoms with Crippen molar-refractivity contribution in [3.63, 3.8) is 0 Å². The van der Waals surface area contributed by atoms with E-state index < -0.39 is 17.9 Å². The molecule has 0 fully saturated rings. The molecule has 0 saturated carbocycles. The summed E-state index contributed by atoms with van der Waals surface area (Å²) in [4.78, 5) is 36.5. The van der Waals surface area contributed by atoms with Crippen molar-refractivity contribution < 1.29 is 42.8 Å². The zero-order valence-electron chi connectivity index (χ0n) is 26.6. The molecule has 0 radical (unpaired) electrons. The van der Waals surface area contributed by atoms with Crippen LogP contribution in [0.15, 0.2) is 98.6 Å². The van der Waals surface area contributed by atoms with Gasteiger partial charge in [0.25, 0.3) is 0 Å². The average molecular weight is 619 g/mol. The molecule has 0 spiro atoms. The summed E-state index contributed by atoms with van der Waals surface area (Å²) in [6.07, 6.45) is 5.66. The SMILES string of the molecule is C=CC(=O)OCCCCOc1ccc(C(=O)Oc2ccc(C(=O)Oc3ccc(C)cc3)cc2OC)cc1OC.C=CC=C.CC. The van der Waals surface area contributed by atoms with Gasteiger partial charge in [-0.3, -0.25) is 0 Å². The van der Waals surface area contributed by atoms with Crippen LogP contribution in [-0.2, 0) is 9.53 Å². The molecule has 0 heterocycles. The summed E-state index contributed by atoms with van der Waals surface area (Å²) < 4.78 is 32.3. The Balaban J connectivity index is 0.00000156. The van der Waals surface area contributed by atoms with Gasteiger partial charge in [0, 0.05) is 6.08 Å². The predicted octanol–water partition coefficient (Wildman–Crippen LogP) is 7.72. The minimum absolute atomic E-state index is 0.130. The number of unbranched alkanes of at least 4 members (excludes halogenated alkanes) is 1. The van der Waals surface area contributed by atoms with Crippen LogP contribution < -0.4 is 23.7 Å². The Morgan fingerprint density at radius 1 is 0.667 bits per heavy atom. The highest BCUT2D eigenvalue weighted by atomic mass is 16.6. The maximum Gasteiger partial charge on any atom is 0.343 e. The van der Waals surface area contributed by atoms with Crippen LogP contribution in [0.3, 0.4) is 0 Å². The van der Waals surface area contributed by atoms with Gasteiger partial charge in [0.15, 0.2) is 23.0 Å². The zero-order chi connectivity index (χ0) is 33.6. The molecular formula is C36H42O9. The van der Waals surface area contributed by atoms with Crippen molar-refractivity contribution in [2.24, 2.45) is 0 Å². The Kier molecular flexibility index (Phi) is 17.9. The van der Waals surface area contributed by atoms with Crippen molar-refractivity contribution in [1.29, 1.82) is 0 Å². The fourth-order valence-electron chi connectivity index (χ4n) is 3.34. The van der Waals surface area contributed by atoms with Gasteiger partial charge in [-0.25, -0.2) is 14.4 Å². The lowest BCUT2D eigenvalue weighted by Gasteiger charge is -2.13. The lowest BCUT2D eigenvalue weighted by atomic mass is 10.2. The van der Waals surface area contributed by atoms with E-state index in [9.17, 15) is 14.4 Å². The maximum atomic E-state index is 12.8. The Bertz CT molecular complexity index is 1400. The number of esters is 3. The topological polar surface area (TPSA) is 107 Å². The van der Waals surface area contributed by atoms with Crippen LogP contribution in [0.25, 0.3) is 0 Å². The molecule has 0 aromatic heterocycles. The van der Waals surface area contributed by atoms with Crippen molar-refractivity contribution in [2.75, 3.05) is 27.4 Å². The third-order valence-corrected chi connectivity index (χ3v) is 5.61. The summed E-state index contributed by atoms with van der Waals surface area (Å²) in [5.74, 6) is -0.164. The van der Waals surface area contributed by atoms with Crippen LogP contribution in [0.2, 0.25) is 0 Å². The predicted molar refractivity (Wildman–Crippen MR) is 175 cm³/mol. The highest BCUT2D eigenvalue weighted by molar-refractivity contribution is 5.94. The fraction of sp³-hybridized carbons (Fsp3) is 0.250. The molecule has 45 heavy (non-hydrogen) atoms. The van der Waals surface area contributed by atoms with E-state index in [-0.39, 0.29) is 29.2 Å². The van der Waals surface area contributed by atoms with E-state index in [0.717, 1.165) is 11.6 Å². The second kappa shape index (κ2) is 21.4. The average Bonchev–Trinajstić information content (AvgIpc) is 3.08. The summed E-state index contributed by atoms with van der Waals surface area (Å²) in [5, 5.41) is 0. The number of hydrogen-bond acceptors (Lipinski definition) is 9. The van der Waals surface area contributed by atoms with Crippen molar-refractivity contribution in [1.82, 2.24) is 0 Å². The standard InChI is InChI=1S/C30H30O9.C4H6.C2H6/c1-5-28(31)37-17-7-6-16-36-24-14-10-22(18-26(24)34-3)30(33)39-25-15-11-21(19-27(25)35-4)29(32)38-23-12-8-20(2)9-13-23;1-3-4-2;1-2/h5,8-15,18-19H,1,6-7,16-17H2,2-4H3;3-4H,1-2H2;1-2H3. The molecule has 9 heteroatoms. The third kappa shape index (κ3) is 13.3. The van der Waals surface area contributed by atoms with Gasteiger partial charge in [-0.05, 0) is 68.3 Å². The van der Waals surface area contributed by atoms with Crippen molar-refractivity contribution >= 4 is 17.9 Å². The van der Waals surface area contributed by atoms with Gasteiger partial charge in [-0.2, -0.15) is 0 Å². The second-order valence-corrected chi connectivity index (χ2v) is 8.72. The molecule has 3 rings (SSSR count). The summed E-state index contributed by atoms with van der Waals surface area (Å²) >= 11 is 0. The van der Waals surface area contributed by atoms with E-state index in [2.05, 4.69) is 19.7 Å². The van der Waals surface area contributed by atoms with Crippen molar-refractivity contribution in [3.05, 3.63) is 115 Å². The number of allylic oxidation sites excluding steroid dienone is 2. The van der Waals surface area contributed by atoms with Crippen LogP contribution in [0.4, 0.5) is 0 Å². The van der Waals surface area contributed by atoms with Crippen molar-refractivity contribution in [2.45, 2.75) is 33.6 Å². The Hall–Kier alpha value is -5.31. The van der Waals surface area contributed by atoms with Gasteiger partial charge in [-0.1, -0.05) is 63.4 Å². The second-order valence-electron chi connectivity index (χ2n) is 8.72. The van der Waals surface area contributed by atoms with Crippen LogP contribution in [0, 0.1) is 6.92 Å². The van der Waals surface area contributed by atoms with E-state index in [4.69, 9.17) is 28.4 Å². The summed E-state index contributed by atoms with van der Waals surface area (Å²) in [6, 6.07) is 16.1. The van der Waals surface area contributed by atoms with E-state index in [1.165, 1.54) is 38.5 Å². The van der Waals surface area contributed by atoms with E-state index >= 15 is 0 Å². The fourth-order valence-corrected chi connectivity index (χ4v) is 3.34. The van der Waals surface area contributed by atoms with Gasteiger partial charge in [0.1, 0.15) is 5.75 Å². The number of benzene rings is 3. The molecule has 0 aliphatic heterocycles. The molecule has 0 atom stereocenters. The molecule has 9 nitrogen and oxygen atoms in total. The number of hydrogen-bond donors (Lipinski definition) is 0. The van der Waals surface area contributed by atoms with Crippen LogP contribution in [-0.4, -0.2) is 45.3 Å². The molecule has 3 aromatic carbocycles. The maximum absolute atomic E-state index is 12.8. The van der Waals surface area contributed by atoms with Gasteiger partial charge >= 0.3 is 17.9 Å². The molecule has 0 unspecified atom stereocenters. The molecule has 0 aliphatic rings. The largest absolute Gasteiger partial charge is 0.493 e. The van der Waals surface area contributed by atoms with Gasteiger partial charge < -0.3 is 28.4 Å². The first-order valence-corrected chi connectivity index (χ1v) is 14.3. The normalized spacial score (nSPS) is 9.44. The van der Waals surface area contributed by atoms with Gasteiger partial charge in [0.2, 0.25) is 0 Å². The number of carbonyl (C=O) groups is 3. The molecular weight excluding hydrogens is 576 g/mol. The number of carbonyl (C=O) groups excluding carboxylic acids is 3. The molecule has 240 valence electrons. The molecule has 0 bridgehead atoms. The van der Waals surface area contributed by atoms with Crippen LogP contribution >= 0.6 is 0 Å².